The fourth-order valence-electron chi connectivity index (χ4n) is 1.73. The molecule has 0 fully saturated rings. The molecule has 0 saturated carbocycles. The molecule has 6 nitrogen and oxygen atoms in total. The molecule has 3 rings (SSSR count). The van der Waals surface area contributed by atoms with Gasteiger partial charge in [-0.05, 0) is 18.6 Å². The van der Waals surface area contributed by atoms with Crippen LogP contribution < -0.4 is 5.32 Å². The van der Waals surface area contributed by atoms with Gasteiger partial charge < -0.3 is 5.32 Å². The lowest BCUT2D eigenvalue weighted by atomic mass is 10.4. The molecule has 0 aliphatic rings. The SMILES string of the molecule is CCCNc1snnc1CSc1nnc2ccccn12. The Hall–Kier alpha value is -1.67. The van der Waals surface area contributed by atoms with Gasteiger partial charge in [-0.1, -0.05) is 29.2 Å². The number of pyridine rings is 1. The number of aromatic nitrogens is 5. The third-order valence-corrected chi connectivity index (χ3v) is 4.39. The zero-order chi connectivity index (χ0) is 13.8. The molecule has 3 aromatic rings. The fourth-order valence-corrected chi connectivity index (χ4v) is 3.28. The maximum absolute atomic E-state index is 4.20. The summed E-state index contributed by atoms with van der Waals surface area (Å²) < 4.78 is 5.99. The van der Waals surface area contributed by atoms with Gasteiger partial charge >= 0.3 is 0 Å². The predicted octanol–water partition coefficient (Wildman–Crippen LogP) is 2.70. The Morgan fingerprint density at radius 1 is 1.30 bits per heavy atom. The first-order valence-electron chi connectivity index (χ1n) is 6.36. The number of rotatable bonds is 6. The Kier molecular flexibility index (Phi) is 4.12. The summed E-state index contributed by atoms with van der Waals surface area (Å²) in [5.41, 5.74) is 1.83. The monoisotopic (exact) mass is 306 g/mol. The number of anilines is 1. The largest absolute Gasteiger partial charge is 0.374 e. The molecular formula is C12H14N6S2. The first-order chi connectivity index (χ1) is 9.88. The zero-order valence-corrected chi connectivity index (χ0v) is 12.6. The van der Waals surface area contributed by atoms with Crippen LogP contribution in [0.25, 0.3) is 5.65 Å². The third-order valence-electron chi connectivity index (χ3n) is 2.71. The van der Waals surface area contributed by atoms with Crippen molar-refractivity contribution in [2.45, 2.75) is 24.3 Å². The van der Waals surface area contributed by atoms with E-state index in [0.29, 0.717) is 0 Å². The molecule has 0 radical (unpaired) electrons. The second-order valence-corrected chi connectivity index (χ2v) is 5.87. The van der Waals surface area contributed by atoms with Crippen LogP contribution in [0.2, 0.25) is 0 Å². The van der Waals surface area contributed by atoms with E-state index in [1.807, 2.05) is 28.8 Å². The summed E-state index contributed by atoms with van der Waals surface area (Å²) >= 11 is 3.02. The van der Waals surface area contributed by atoms with Crippen molar-refractivity contribution < 1.29 is 0 Å². The molecule has 0 amide bonds. The number of hydrogen-bond acceptors (Lipinski definition) is 7. The molecule has 8 heteroatoms. The number of nitrogens with zero attached hydrogens (tertiary/aromatic N) is 5. The van der Waals surface area contributed by atoms with E-state index in [-0.39, 0.29) is 0 Å². The van der Waals surface area contributed by atoms with Crippen molar-refractivity contribution in [2.75, 3.05) is 11.9 Å². The highest BCUT2D eigenvalue weighted by Gasteiger charge is 2.11. The van der Waals surface area contributed by atoms with Crippen LogP contribution >= 0.6 is 23.3 Å². The van der Waals surface area contributed by atoms with E-state index in [1.165, 1.54) is 11.5 Å². The fraction of sp³-hybridized carbons (Fsp3) is 0.333. The van der Waals surface area contributed by atoms with Gasteiger partial charge in [0.15, 0.2) is 10.8 Å². The molecule has 3 heterocycles. The van der Waals surface area contributed by atoms with Crippen LogP contribution in [0.5, 0.6) is 0 Å². The Morgan fingerprint density at radius 3 is 3.15 bits per heavy atom. The molecule has 0 atom stereocenters. The van der Waals surface area contributed by atoms with Crippen LogP contribution in [0.3, 0.4) is 0 Å². The van der Waals surface area contributed by atoms with Crippen molar-refractivity contribution >= 4 is 33.9 Å². The lowest BCUT2D eigenvalue weighted by Gasteiger charge is -2.02. The molecule has 1 N–H and O–H groups in total. The maximum Gasteiger partial charge on any atom is 0.195 e. The van der Waals surface area contributed by atoms with Crippen molar-refractivity contribution in [3.05, 3.63) is 30.1 Å². The Balaban J connectivity index is 1.72. The highest BCUT2D eigenvalue weighted by molar-refractivity contribution is 7.98. The molecule has 3 aromatic heterocycles. The molecule has 20 heavy (non-hydrogen) atoms. The Labute approximate surface area is 124 Å². The van der Waals surface area contributed by atoms with E-state index in [2.05, 4.69) is 32.0 Å². The summed E-state index contributed by atoms with van der Waals surface area (Å²) in [6.07, 6.45) is 3.05. The van der Waals surface area contributed by atoms with Crippen LogP contribution in [-0.4, -0.2) is 30.7 Å². The number of fused-ring (bicyclic) bond motifs is 1. The lowest BCUT2D eigenvalue weighted by Crippen LogP contribution is -2.00. The van der Waals surface area contributed by atoms with E-state index in [0.717, 1.165) is 40.2 Å². The summed E-state index contributed by atoms with van der Waals surface area (Å²) in [6, 6.07) is 5.87. The van der Waals surface area contributed by atoms with Crippen LogP contribution in [0.4, 0.5) is 5.00 Å². The molecule has 0 saturated heterocycles. The summed E-state index contributed by atoms with van der Waals surface area (Å²) in [6.45, 7) is 3.08. The summed E-state index contributed by atoms with van der Waals surface area (Å²) in [5, 5.41) is 17.8. The van der Waals surface area contributed by atoms with Gasteiger partial charge in [0.1, 0.15) is 10.7 Å². The van der Waals surface area contributed by atoms with Gasteiger partial charge in [0.25, 0.3) is 0 Å². The zero-order valence-electron chi connectivity index (χ0n) is 11.0. The number of nitrogens with one attached hydrogen (secondary N) is 1. The van der Waals surface area contributed by atoms with Crippen LogP contribution in [0.1, 0.15) is 19.0 Å². The van der Waals surface area contributed by atoms with Gasteiger partial charge in [0, 0.05) is 30.0 Å². The molecule has 0 bridgehead atoms. The Bertz CT molecular complexity index is 692. The first kappa shape index (κ1) is 13.3. The second kappa shape index (κ2) is 6.19. The molecule has 0 aliphatic carbocycles. The van der Waals surface area contributed by atoms with Crippen molar-refractivity contribution in [3.63, 3.8) is 0 Å². The average molecular weight is 306 g/mol. The highest BCUT2D eigenvalue weighted by Crippen LogP contribution is 2.26. The summed E-state index contributed by atoms with van der Waals surface area (Å²) in [4.78, 5) is 0. The van der Waals surface area contributed by atoms with Gasteiger partial charge in [0.2, 0.25) is 0 Å². The standard InChI is InChI=1S/C12H14N6S2/c1-2-6-13-11-9(14-17-20-11)8-19-12-16-15-10-5-3-4-7-18(10)12/h3-5,7,13H,2,6,8H2,1H3. The minimum Gasteiger partial charge on any atom is -0.374 e. The first-order valence-corrected chi connectivity index (χ1v) is 8.12. The minimum absolute atomic E-state index is 0.734. The van der Waals surface area contributed by atoms with Gasteiger partial charge in [-0.15, -0.1) is 15.3 Å². The Morgan fingerprint density at radius 2 is 2.25 bits per heavy atom. The maximum atomic E-state index is 4.20. The van der Waals surface area contributed by atoms with Gasteiger partial charge in [-0.2, -0.15) is 0 Å². The lowest BCUT2D eigenvalue weighted by molar-refractivity contribution is 0.919. The molecule has 0 unspecified atom stereocenters. The molecule has 0 aliphatic heterocycles. The van der Waals surface area contributed by atoms with Gasteiger partial charge in [0.05, 0.1) is 0 Å². The van der Waals surface area contributed by atoms with Gasteiger partial charge in [-0.25, -0.2) is 0 Å². The number of hydrogen-bond donors (Lipinski definition) is 1. The highest BCUT2D eigenvalue weighted by atomic mass is 32.2. The normalized spacial score (nSPS) is 11.1. The quantitative estimate of drug-likeness (QED) is 0.706. The van der Waals surface area contributed by atoms with E-state index in [1.54, 1.807) is 11.8 Å². The smallest absolute Gasteiger partial charge is 0.195 e. The summed E-state index contributed by atoms with van der Waals surface area (Å²) in [7, 11) is 0. The second-order valence-electron chi connectivity index (χ2n) is 4.18. The van der Waals surface area contributed by atoms with E-state index < -0.39 is 0 Å². The molecule has 0 aromatic carbocycles. The number of thioether (sulfide) groups is 1. The van der Waals surface area contributed by atoms with E-state index in [4.69, 9.17) is 0 Å². The van der Waals surface area contributed by atoms with E-state index >= 15 is 0 Å². The predicted molar refractivity (Wildman–Crippen MR) is 81.2 cm³/mol. The van der Waals surface area contributed by atoms with Crippen molar-refractivity contribution in [1.29, 1.82) is 0 Å². The summed E-state index contributed by atoms with van der Waals surface area (Å²) in [5.74, 6) is 0.734. The third kappa shape index (κ3) is 2.75. The van der Waals surface area contributed by atoms with Crippen LogP contribution in [0, 0.1) is 0 Å². The van der Waals surface area contributed by atoms with Gasteiger partial charge in [-0.3, -0.25) is 4.40 Å². The van der Waals surface area contributed by atoms with Crippen molar-refractivity contribution in [2.24, 2.45) is 0 Å². The molecule has 0 spiro atoms. The van der Waals surface area contributed by atoms with Crippen LogP contribution in [-0.2, 0) is 5.75 Å². The average Bonchev–Trinajstić information content (AvgIpc) is 3.09. The topological polar surface area (TPSA) is 68.0 Å². The molecular weight excluding hydrogens is 292 g/mol. The van der Waals surface area contributed by atoms with Crippen molar-refractivity contribution in [3.8, 4) is 0 Å². The molecule has 104 valence electrons. The minimum atomic E-state index is 0.734. The van der Waals surface area contributed by atoms with E-state index in [9.17, 15) is 0 Å². The van der Waals surface area contributed by atoms with Crippen molar-refractivity contribution in [1.82, 2.24) is 24.2 Å². The van der Waals surface area contributed by atoms with Crippen LogP contribution in [0.15, 0.2) is 29.6 Å².